The van der Waals surface area contributed by atoms with Crippen LogP contribution >= 0.6 is 0 Å². The summed E-state index contributed by atoms with van der Waals surface area (Å²) < 4.78 is 36.6. The molecule has 1 aromatic carbocycles. The molecule has 0 amide bonds. The van der Waals surface area contributed by atoms with E-state index in [2.05, 4.69) is 0 Å². The fraction of sp³-hybridized carbons (Fsp3) is 0.364. The van der Waals surface area contributed by atoms with E-state index in [9.17, 15) is 22.7 Å². The van der Waals surface area contributed by atoms with E-state index in [0.717, 1.165) is 12.3 Å². The van der Waals surface area contributed by atoms with E-state index in [1.165, 1.54) is 6.07 Å². The maximum absolute atomic E-state index is 13.9. The molecule has 17 heavy (non-hydrogen) atoms. The van der Waals surface area contributed by atoms with Gasteiger partial charge in [0.1, 0.15) is 22.7 Å². The van der Waals surface area contributed by atoms with Crippen LogP contribution < -0.4 is 0 Å². The molecule has 0 aromatic heterocycles. The molecule has 4 nitrogen and oxygen atoms in total. The Morgan fingerprint density at radius 3 is 2.53 bits per heavy atom. The van der Waals surface area contributed by atoms with Gasteiger partial charge in [-0.05, 0) is 17.5 Å². The van der Waals surface area contributed by atoms with Crippen molar-refractivity contribution in [2.24, 2.45) is 0 Å². The zero-order valence-electron chi connectivity index (χ0n) is 9.47. The first-order valence-corrected chi connectivity index (χ1v) is 6.83. The maximum Gasteiger partial charge on any atom is 0.182 e. The summed E-state index contributed by atoms with van der Waals surface area (Å²) in [5.41, 5.74) is 0.107. The van der Waals surface area contributed by atoms with Crippen molar-refractivity contribution in [3.63, 3.8) is 0 Å². The van der Waals surface area contributed by atoms with Crippen molar-refractivity contribution in [1.82, 2.24) is 0 Å². The third-order valence-corrected chi connectivity index (χ3v) is 3.59. The molecule has 0 aliphatic carbocycles. The van der Waals surface area contributed by atoms with Gasteiger partial charge >= 0.3 is 0 Å². The smallest absolute Gasteiger partial charge is 0.182 e. The number of sulfone groups is 1. The lowest BCUT2D eigenvalue weighted by molar-refractivity contribution is -0.108. The van der Waals surface area contributed by atoms with E-state index in [0.29, 0.717) is 6.29 Å². The quantitative estimate of drug-likeness (QED) is 0.835. The average molecular weight is 260 g/mol. The van der Waals surface area contributed by atoms with Gasteiger partial charge in [-0.1, -0.05) is 13.0 Å². The number of phenolic OH excluding ortho intramolecular Hbond substituents is 1. The average Bonchev–Trinajstić information content (AvgIpc) is 2.15. The Morgan fingerprint density at radius 2 is 2.06 bits per heavy atom. The van der Waals surface area contributed by atoms with Gasteiger partial charge in [0.2, 0.25) is 0 Å². The Bertz CT molecular complexity index is 537. The molecule has 94 valence electrons. The van der Waals surface area contributed by atoms with Gasteiger partial charge in [0.15, 0.2) is 9.84 Å². The van der Waals surface area contributed by atoms with Crippen LogP contribution in [0.4, 0.5) is 4.39 Å². The predicted molar refractivity (Wildman–Crippen MR) is 60.3 cm³/mol. The molecule has 0 bridgehead atoms. The first-order chi connectivity index (χ1) is 7.79. The van der Waals surface area contributed by atoms with Crippen LogP contribution in [-0.2, 0) is 14.6 Å². The van der Waals surface area contributed by atoms with Gasteiger partial charge in [0.05, 0.1) is 0 Å². The number of phenols is 1. The number of halogens is 1. The summed E-state index contributed by atoms with van der Waals surface area (Å²) in [4.78, 5) is 9.64. The maximum atomic E-state index is 13.9. The fourth-order valence-electron chi connectivity index (χ4n) is 1.57. The molecule has 6 heteroatoms. The molecule has 1 atom stereocenters. The second-order valence-corrected chi connectivity index (χ2v) is 5.85. The van der Waals surface area contributed by atoms with Crippen LogP contribution in [0, 0.1) is 5.82 Å². The van der Waals surface area contributed by atoms with Gasteiger partial charge in [0, 0.05) is 12.7 Å². The lowest BCUT2D eigenvalue weighted by atomic mass is 9.98. The lowest BCUT2D eigenvalue weighted by Crippen LogP contribution is -2.06. The molecule has 0 aliphatic heterocycles. The van der Waals surface area contributed by atoms with E-state index in [4.69, 9.17) is 0 Å². The normalized spacial score (nSPS) is 13.4. The SMILES string of the molecule is CC(CC=O)c1ccc(O)c(S(C)(=O)=O)c1F. The summed E-state index contributed by atoms with van der Waals surface area (Å²) >= 11 is 0. The summed E-state index contributed by atoms with van der Waals surface area (Å²) in [6.07, 6.45) is 1.54. The molecule has 0 spiro atoms. The molecule has 0 radical (unpaired) electrons. The number of aromatic hydroxyl groups is 1. The van der Waals surface area contributed by atoms with Crippen molar-refractivity contribution in [3.8, 4) is 5.75 Å². The standard InChI is InChI=1S/C11H13FO4S/c1-7(5-6-13)8-3-4-9(14)11(10(8)12)17(2,15)16/h3-4,6-7,14H,5H2,1-2H3. The van der Waals surface area contributed by atoms with E-state index < -0.39 is 32.2 Å². The number of carbonyl (C=O) groups is 1. The van der Waals surface area contributed by atoms with Gasteiger partial charge < -0.3 is 9.90 Å². The fourth-order valence-corrected chi connectivity index (χ4v) is 2.46. The molecule has 0 saturated carbocycles. The molecule has 1 unspecified atom stereocenters. The molecule has 0 heterocycles. The summed E-state index contributed by atoms with van der Waals surface area (Å²) in [6, 6.07) is 2.41. The highest BCUT2D eigenvalue weighted by Crippen LogP contribution is 2.32. The summed E-state index contributed by atoms with van der Waals surface area (Å²) in [5, 5.41) is 9.37. The van der Waals surface area contributed by atoms with Crippen molar-refractivity contribution in [2.45, 2.75) is 24.2 Å². The summed E-state index contributed by atoms with van der Waals surface area (Å²) in [6.45, 7) is 1.61. The minimum Gasteiger partial charge on any atom is -0.506 e. The van der Waals surface area contributed by atoms with Gasteiger partial charge in [-0.25, -0.2) is 12.8 Å². The van der Waals surface area contributed by atoms with Crippen molar-refractivity contribution in [2.75, 3.05) is 6.26 Å². The van der Waals surface area contributed by atoms with Crippen molar-refractivity contribution in [3.05, 3.63) is 23.5 Å². The van der Waals surface area contributed by atoms with Crippen LogP contribution in [0.15, 0.2) is 17.0 Å². The van der Waals surface area contributed by atoms with Crippen LogP contribution in [0.5, 0.6) is 5.75 Å². The third kappa shape index (κ3) is 2.82. The van der Waals surface area contributed by atoms with E-state index in [1.54, 1.807) is 6.92 Å². The monoisotopic (exact) mass is 260 g/mol. The Balaban J connectivity index is 3.44. The lowest BCUT2D eigenvalue weighted by Gasteiger charge is -2.13. The molecule has 1 rings (SSSR count). The topological polar surface area (TPSA) is 71.4 Å². The molecule has 1 aromatic rings. The van der Waals surface area contributed by atoms with Gasteiger partial charge in [-0.2, -0.15) is 0 Å². The van der Waals surface area contributed by atoms with Crippen LogP contribution in [0.2, 0.25) is 0 Å². The molecular formula is C11H13FO4S. The first-order valence-electron chi connectivity index (χ1n) is 4.94. The number of aldehydes is 1. The van der Waals surface area contributed by atoms with E-state index in [1.807, 2.05) is 0 Å². The van der Waals surface area contributed by atoms with E-state index in [-0.39, 0.29) is 12.0 Å². The molecule has 0 saturated heterocycles. The highest BCUT2D eigenvalue weighted by atomic mass is 32.2. The Kier molecular flexibility index (Phi) is 3.87. The van der Waals surface area contributed by atoms with Crippen LogP contribution in [0.25, 0.3) is 0 Å². The van der Waals surface area contributed by atoms with Crippen LogP contribution in [-0.4, -0.2) is 26.1 Å². The van der Waals surface area contributed by atoms with Crippen LogP contribution in [0.3, 0.4) is 0 Å². The van der Waals surface area contributed by atoms with Gasteiger partial charge in [-0.15, -0.1) is 0 Å². The third-order valence-electron chi connectivity index (χ3n) is 2.46. The number of hydrogen-bond acceptors (Lipinski definition) is 4. The number of hydrogen-bond donors (Lipinski definition) is 1. The minimum atomic E-state index is -3.85. The second kappa shape index (κ2) is 4.83. The Morgan fingerprint density at radius 1 is 1.47 bits per heavy atom. The predicted octanol–water partition coefficient (Wildman–Crippen LogP) is 1.63. The summed E-state index contributed by atoms with van der Waals surface area (Å²) in [5.74, 6) is -2.04. The van der Waals surface area contributed by atoms with Crippen molar-refractivity contribution < 1.29 is 22.7 Å². The number of rotatable bonds is 4. The highest BCUT2D eigenvalue weighted by Gasteiger charge is 2.23. The zero-order chi connectivity index (χ0) is 13.2. The summed E-state index contributed by atoms with van der Waals surface area (Å²) in [7, 11) is -3.85. The number of benzene rings is 1. The highest BCUT2D eigenvalue weighted by molar-refractivity contribution is 7.90. The van der Waals surface area contributed by atoms with Crippen LogP contribution in [0.1, 0.15) is 24.8 Å². The number of carbonyl (C=O) groups excluding carboxylic acids is 1. The molecular weight excluding hydrogens is 247 g/mol. The zero-order valence-corrected chi connectivity index (χ0v) is 10.3. The van der Waals surface area contributed by atoms with Crippen molar-refractivity contribution >= 4 is 16.1 Å². The second-order valence-electron chi connectivity index (χ2n) is 3.89. The van der Waals surface area contributed by atoms with Gasteiger partial charge in [-0.3, -0.25) is 0 Å². The van der Waals surface area contributed by atoms with Crippen molar-refractivity contribution in [1.29, 1.82) is 0 Å². The molecule has 0 fully saturated rings. The Labute approximate surface area is 99.0 Å². The molecule has 1 N–H and O–H groups in total. The molecule has 0 aliphatic rings. The minimum absolute atomic E-state index is 0.0882. The largest absolute Gasteiger partial charge is 0.506 e. The van der Waals surface area contributed by atoms with E-state index >= 15 is 0 Å². The first kappa shape index (κ1) is 13.6. The Hall–Kier alpha value is -1.43. The van der Waals surface area contributed by atoms with Gasteiger partial charge in [0.25, 0.3) is 0 Å².